The Balaban J connectivity index is 1.25. The summed E-state index contributed by atoms with van der Waals surface area (Å²) in [6.07, 6.45) is 2.25. The Morgan fingerprint density at radius 3 is 2.63 bits per heavy atom. The number of carbonyl (C=O) groups excluding carboxylic acids is 1. The molecule has 1 fully saturated rings. The summed E-state index contributed by atoms with van der Waals surface area (Å²) in [5, 5.41) is 17.7. The van der Waals surface area contributed by atoms with Crippen molar-refractivity contribution in [1.82, 2.24) is 25.5 Å². The van der Waals surface area contributed by atoms with E-state index in [-0.39, 0.29) is 6.03 Å². The average molecular weight is 380 g/mol. The van der Waals surface area contributed by atoms with E-state index < -0.39 is 0 Å². The topological polar surface area (TPSA) is 84.7 Å². The first kappa shape index (κ1) is 17.5. The molecule has 1 aromatic heterocycles. The number of nitrogens with one attached hydrogen (secondary N) is 2. The number of benzene rings is 2. The van der Waals surface area contributed by atoms with Gasteiger partial charge in [0.1, 0.15) is 0 Å². The number of carbonyl (C=O) groups is 1. The van der Waals surface area contributed by atoms with Crippen molar-refractivity contribution in [1.29, 1.82) is 0 Å². The molecule has 7 nitrogen and oxygen atoms in total. The summed E-state index contributed by atoms with van der Waals surface area (Å²) in [7, 11) is 0. The third-order valence-electron chi connectivity index (χ3n) is 4.19. The van der Waals surface area contributed by atoms with Crippen molar-refractivity contribution in [2.75, 3.05) is 17.6 Å². The molecular weight excluding hydrogens is 360 g/mol. The van der Waals surface area contributed by atoms with Crippen molar-refractivity contribution in [3.63, 3.8) is 0 Å². The molecule has 2 N–H and O–H groups in total. The molecule has 1 aliphatic rings. The van der Waals surface area contributed by atoms with Gasteiger partial charge >= 0.3 is 6.03 Å². The van der Waals surface area contributed by atoms with Crippen LogP contribution in [0.25, 0.3) is 11.4 Å². The minimum Gasteiger partial charge on any atom is -0.337 e. The number of thioether (sulfide) groups is 1. The molecule has 1 aliphatic carbocycles. The van der Waals surface area contributed by atoms with E-state index in [2.05, 4.69) is 38.3 Å². The average Bonchev–Trinajstić information content (AvgIpc) is 3.43. The molecule has 138 valence electrons. The maximum atomic E-state index is 12.0. The van der Waals surface area contributed by atoms with Crippen LogP contribution in [0.3, 0.4) is 0 Å². The number of nitrogens with zero attached hydrogens (tertiary/aromatic N) is 4. The van der Waals surface area contributed by atoms with Gasteiger partial charge in [-0.15, -0.1) is 16.9 Å². The Hall–Kier alpha value is -2.87. The van der Waals surface area contributed by atoms with Gasteiger partial charge in [-0.05, 0) is 59.7 Å². The molecule has 0 aliphatic heterocycles. The van der Waals surface area contributed by atoms with Crippen LogP contribution in [0.4, 0.5) is 10.5 Å². The first-order chi connectivity index (χ1) is 13.3. The number of hydrogen-bond acceptors (Lipinski definition) is 5. The molecule has 2 aromatic carbocycles. The van der Waals surface area contributed by atoms with Crippen LogP contribution in [0.15, 0.2) is 59.5 Å². The monoisotopic (exact) mass is 380 g/mol. The lowest BCUT2D eigenvalue weighted by atomic mass is 10.2. The van der Waals surface area contributed by atoms with Gasteiger partial charge in [0.15, 0.2) is 5.82 Å². The van der Waals surface area contributed by atoms with E-state index in [0.717, 1.165) is 35.7 Å². The van der Waals surface area contributed by atoms with Crippen molar-refractivity contribution in [2.24, 2.45) is 0 Å². The number of hydrogen-bond donors (Lipinski definition) is 2. The minimum atomic E-state index is -0.209. The second kappa shape index (κ2) is 8.22. The first-order valence-corrected chi connectivity index (χ1v) is 9.89. The molecule has 1 heterocycles. The molecule has 27 heavy (non-hydrogen) atoms. The summed E-state index contributed by atoms with van der Waals surface area (Å²) in [6.45, 7) is 0.597. The summed E-state index contributed by atoms with van der Waals surface area (Å²) in [6, 6.07) is 17.9. The van der Waals surface area contributed by atoms with Crippen LogP contribution < -0.4 is 10.6 Å². The van der Waals surface area contributed by atoms with Gasteiger partial charge in [-0.1, -0.05) is 18.2 Å². The fraction of sp³-hybridized carbons (Fsp3) is 0.263. The molecule has 0 bridgehead atoms. The van der Waals surface area contributed by atoms with Crippen LogP contribution in [0.5, 0.6) is 0 Å². The van der Waals surface area contributed by atoms with Gasteiger partial charge in [0, 0.05) is 28.4 Å². The predicted molar refractivity (Wildman–Crippen MR) is 106 cm³/mol. The Bertz CT molecular complexity index is 892. The summed E-state index contributed by atoms with van der Waals surface area (Å²) in [5.41, 5.74) is 1.68. The molecular formula is C19H20N6OS. The largest absolute Gasteiger partial charge is 0.337 e. The molecule has 0 atom stereocenters. The molecule has 8 heteroatoms. The molecule has 1 saturated carbocycles. The van der Waals surface area contributed by atoms with Crippen LogP contribution in [-0.4, -0.2) is 38.5 Å². The lowest BCUT2D eigenvalue weighted by molar-refractivity contribution is 0.252. The van der Waals surface area contributed by atoms with Crippen molar-refractivity contribution in [2.45, 2.75) is 23.8 Å². The van der Waals surface area contributed by atoms with Crippen molar-refractivity contribution < 1.29 is 4.79 Å². The molecule has 0 spiro atoms. The van der Waals surface area contributed by atoms with Crippen LogP contribution in [0.1, 0.15) is 18.9 Å². The fourth-order valence-corrected chi connectivity index (χ4v) is 3.47. The van der Waals surface area contributed by atoms with Crippen LogP contribution in [0, 0.1) is 0 Å². The third-order valence-corrected chi connectivity index (χ3v) is 5.20. The lowest BCUT2D eigenvalue weighted by Crippen LogP contribution is -2.30. The number of amides is 2. The summed E-state index contributed by atoms with van der Waals surface area (Å²) in [5.74, 6) is 1.59. The smallest absolute Gasteiger partial charge is 0.319 e. The third kappa shape index (κ3) is 4.65. The Labute approximate surface area is 161 Å². The standard InChI is InChI=1S/C19H20N6OS/c26-19(20-12-13-27-17-4-2-1-3-5-17)21-15-8-6-14(7-9-15)18-22-23-24-25(18)16-10-11-16/h1-9,16H,10-13H2,(H2,20,21,26). The number of tetrazole rings is 1. The molecule has 0 saturated heterocycles. The van der Waals surface area contributed by atoms with E-state index in [4.69, 9.17) is 0 Å². The van der Waals surface area contributed by atoms with E-state index in [9.17, 15) is 4.79 Å². The van der Waals surface area contributed by atoms with Crippen LogP contribution >= 0.6 is 11.8 Å². The summed E-state index contributed by atoms with van der Waals surface area (Å²) < 4.78 is 1.87. The van der Waals surface area contributed by atoms with E-state index in [1.54, 1.807) is 11.8 Å². The van der Waals surface area contributed by atoms with Crippen molar-refractivity contribution in [3.05, 3.63) is 54.6 Å². The van der Waals surface area contributed by atoms with Gasteiger partial charge in [0.25, 0.3) is 0 Å². The lowest BCUT2D eigenvalue weighted by Gasteiger charge is -2.08. The summed E-state index contributed by atoms with van der Waals surface area (Å²) >= 11 is 1.71. The maximum Gasteiger partial charge on any atom is 0.319 e. The van der Waals surface area contributed by atoms with Gasteiger partial charge in [-0.25, -0.2) is 9.48 Å². The van der Waals surface area contributed by atoms with Crippen LogP contribution in [-0.2, 0) is 0 Å². The SMILES string of the molecule is O=C(NCCSc1ccccc1)Nc1ccc(-c2nnnn2C2CC2)cc1. The predicted octanol–water partition coefficient (Wildman–Crippen LogP) is 3.59. The van der Waals surface area contributed by atoms with E-state index >= 15 is 0 Å². The van der Waals surface area contributed by atoms with E-state index in [1.165, 1.54) is 4.90 Å². The summed E-state index contributed by atoms with van der Waals surface area (Å²) in [4.78, 5) is 13.2. The zero-order valence-electron chi connectivity index (χ0n) is 14.7. The molecule has 0 unspecified atom stereocenters. The number of aromatic nitrogens is 4. The second-order valence-corrected chi connectivity index (χ2v) is 7.47. The highest BCUT2D eigenvalue weighted by Crippen LogP contribution is 2.36. The maximum absolute atomic E-state index is 12.0. The molecule has 4 rings (SSSR count). The zero-order valence-corrected chi connectivity index (χ0v) is 15.5. The quantitative estimate of drug-likeness (QED) is 0.483. The highest BCUT2D eigenvalue weighted by molar-refractivity contribution is 7.99. The zero-order chi connectivity index (χ0) is 18.5. The Kier molecular flexibility index (Phi) is 5.34. The first-order valence-electron chi connectivity index (χ1n) is 8.90. The van der Waals surface area contributed by atoms with Gasteiger partial charge in [0.05, 0.1) is 6.04 Å². The van der Waals surface area contributed by atoms with Crippen molar-refractivity contribution in [3.8, 4) is 11.4 Å². The van der Waals surface area contributed by atoms with E-state index in [0.29, 0.717) is 12.6 Å². The second-order valence-electron chi connectivity index (χ2n) is 6.30. The molecule has 2 amide bonds. The molecule has 0 radical (unpaired) electrons. The van der Waals surface area contributed by atoms with Crippen molar-refractivity contribution >= 4 is 23.5 Å². The highest BCUT2D eigenvalue weighted by Gasteiger charge is 2.28. The molecule has 3 aromatic rings. The number of anilines is 1. The highest BCUT2D eigenvalue weighted by atomic mass is 32.2. The minimum absolute atomic E-state index is 0.209. The van der Waals surface area contributed by atoms with E-state index in [1.807, 2.05) is 47.1 Å². The van der Waals surface area contributed by atoms with Gasteiger partial charge in [-0.2, -0.15) is 0 Å². The Morgan fingerprint density at radius 1 is 1.11 bits per heavy atom. The fourth-order valence-electron chi connectivity index (χ4n) is 2.68. The Morgan fingerprint density at radius 2 is 1.89 bits per heavy atom. The van der Waals surface area contributed by atoms with Gasteiger partial charge < -0.3 is 10.6 Å². The number of rotatable bonds is 7. The normalized spacial score (nSPS) is 13.3. The number of urea groups is 1. The van der Waals surface area contributed by atoms with Gasteiger partial charge in [-0.3, -0.25) is 0 Å². The van der Waals surface area contributed by atoms with Crippen LogP contribution in [0.2, 0.25) is 0 Å². The van der Waals surface area contributed by atoms with Gasteiger partial charge in [0.2, 0.25) is 0 Å².